The van der Waals surface area contributed by atoms with E-state index >= 15 is 0 Å². The molecular formula is C23H27N3O8S. The maximum atomic E-state index is 10.3. The normalized spacial score (nSPS) is 11.1. The van der Waals surface area contributed by atoms with Gasteiger partial charge in [-0.2, -0.15) is 5.10 Å². The van der Waals surface area contributed by atoms with Crippen molar-refractivity contribution in [3.8, 4) is 5.69 Å². The van der Waals surface area contributed by atoms with E-state index in [0.29, 0.717) is 6.54 Å². The van der Waals surface area contributed by atoms with E-state index in [1.54, 1.807) is 11.3 Å². The number of carboxylic acid groups (broad SMARTS) is 3. The fourth-order valence-electron chi connectivity index (χ4n) is 3.11. The van der Waals surface area contributed by atoms with Crippen molar-refractivity contribution in [2.45, 2.75) is 31.5 Å². The van der Waals surface area contributed by atoms with Gasteiger partial charge >= 0.3 is 17.9 Å². The quantitative estimate of drug-likeness (QED) is 0.244. The van der Waals surface area contributed by atoms with Gasteiger partial charge in [-0.3, -0.25) is 14.5 Å². The van der Waals surface area contributed by atoms with Crippen LogP contribution in [0.5, 0.6) is 0 Å². The van der Waals surface area contributed by atoms with Gasteiger partial charge in [0.25, 0.3) is 0 Å². The molecule has 35 heavy (non-hydrogen) atoms. The van der Waals surface area contributed by atoms with Crippen molar-refractivity contribution < 1.29 is 39.9 Å². The fraction of sp³-hybridized carbons (Fsp3) is 0.304. The number of thiophene rings is 1. The molecule has 0 fully saturated rings. The Morgan fingerprint density at radius 3 is 2.14 bits per heavy atom. The molecule has 0 atom stereocenters. The first-order valence-corrected chi connectivity index (χ1v) is 11.3. The number of hydrogen-bond acceptors (Lipinski definition) is 8. The summed E-state index contributed by atoms with van der Waals surface area (Å²) in [5.41, 5.74) is -0.535. The Balaban J connectivity index is 0.000000287. The Bertz CT molecular complexity index is 1070. The van der Waals surface area contributed by atoms with Crippen molar-refractivity contribution in [2.24, 2.45) is 0 Å². The van der Waals surface area contributed by atoms with Crippen LogP contribution in [0.1, 0.15) is 23.3 Å². The Morgan fingerprint density at radius 1 is 0.971 bits per heavy atom. The zero-order chi connectivity index (χ0) is 25.8. The number of aliphatic hydroxyl groups excluding tert-OH is 1. The number of carbonyl (C=O) groups is 3. The summed E-state index contributed by atoms with van der Waals surface area (Å²) < 4.78 is 1.89. The molecule has 188 valence electrons. The molecule has 0 radical (unpaired) electrons. The molecular weight excluding hydrogens is 478 g/mol. The van der Waals surface area contributed by atoms with Gasteiger partial charge in [0.2, 0.25) is 0 Å². The van der Waals surface area contributed by atoms with E-state index in [9.17, 15) is 19.5 Å². The maximum absolute atomic E-state index is 10.3. The summed E-state index contributed by atoms with van der Waals surface area (Å²) in [5.74, 6) is -5.02. The summed E-state index contributed by atoms with van der Waals surface area (Å²) in [6, 6.07) is 14.3. The first-order valence-electron chi connectivity index (χ1n) is 10.5. The average Bonchev–Trinajstić information content (AvgIpc) is 3.46. The lowest BCUT2D eigenvalue weighted by molar-refractivity contribution is -0.170. The zero-order valence-corrected chi connectivity index (χ0v) is 19.5. The number of carboxylic acids is 3. The minimum atomic E-state index is -2.74. The highest BCUT2D eigenvalue weighted by molar-refractivity contribution is 7.09. The van der Waals surface area contributed by atoms with E-state index in [1.165, 1.54) is 4.88 Å². The van der Waals surface area contributed by atoms with Crippen LogP contribution in [0, 0.1) is 0 Å². The molecule has 12 heteroatoms. The zero-order valence-electron chi connectivity index (χ0n) is 18.7. The highest BCUT2D eigenvalue weighted by atomic mass is 32.1. The summed E-state index contributed by atoms with van der Waals surface area (Å²) in [4.78, 5) is 34.0. The highest BCUT2D eigenvalue weighted by Gasteiger charge is 2.40. The third-order valence-electron chi connectivity index (χ3n) is 4.72. The van der Waals surface area contributed by atoms with Crippen LogP contribution >= 0.6 is 11.3 Å². The van der Waals surface area contributed by atoms with Crippen molar-refractivity contribution in [2.75, 3.05) is 13.2 Å². The van der Waals surface area contributed by atoms with E-state index in [1.807, 2.05) is 47.4 Å². The summed E-state index contributed by atoms with van der Waals surface area (Å²) in [7, 11) is 0. The van der Waals surface area contributed by atoms with Crippen LogP contribution in [0.3, 0.4) is 0 Å². The van der Waals surface area contributed by atoms with E-state index in [2.05, 4.69) is 27.5 Å². The Kier molecular flexibility index (Phi) is 10.5. The number of aromatic nitrogens is 2. The van der Waals surface area contributed by atoms with Crippen LogP contribution in [-0.2, 0) is 27.5 Å². The molecule has 3 rings (SSSR count). The van der Waals surface area contributed by atoms with Crippen LogP contribution < -0.4 is 0 Å². The molecule has 0 saturated heterocycles. The van der Waals surface area contributed by atoms with E-state index in [0.717, 1.165) is 24.3 Å². The molecule has 0 unspecified atom stereocenters. The van der Waals surface area contributed by atoms with Crippen molar-refractivity contribution >= 4 is 29.2 Å². The van der Waals surface area contributed by atoms with E-state index in [-0.39, 0.29) is 6.61 Å². The lowest BCUT2D eigenvalue weighted by atomic mass is 9.96. The molecule has 2 heterocycles. The van der Waals surface area contributed by atoms with Crippen molar-refractivity contribution in [3.63, 3.8) is 0 Å². The second-order valence-corrected chi connectivity index (χ2v) is 8.65. The number of benzene rings is 1. The van der Waals surface area contributed by atoms with Crippen LogP contribution in [0.4, 0.5) is 0 Å². The van der Waals surface area contributed by atoms with Gasteiger partial charge in [-0.05, 0) is 23.6 Å². The third kappa shape index (κ3) is 9.29. The summed E-state index contributed by atoms with van der Waals surface area (Å²) >= 11 is 1.75. The molecule has 0 amide bonds. The fourth-order valence-corrected chi connectivity index (χ4v) is 3.86. The monoisotopic (exact) mass is 505 g/mol. The number of nitrogens with zero attached hydrogens (tertiary/aromatic N) is 3. The number of para-hydroxylation sites is 1. The van der Waals surface area contributed by atoms with E-state index < -0.39 is 36.4 Å². The lowest BCUT2D eigenvalue weighted by Crippen LogP contribution is -2.42. The van der Waals surface area contributed by atoms with Crippen LogP contribution in [0.2, 0.25) is 0 Å². The molecule has 11 nitrogen and oxygen atoms in total. The van der Waals surface area contributed by atoms with Gasteiger partial charge in [-0.1, -0.05) is 24.3 Å². The van der Waals surface area contributed by atoms with Crippen molar-refractivity contribution in [1.29, 1.82) is 0 Å². The van der Waals surface area contributed by atoms with Gasteiger partial charge in [0, 0.05) is 36.3 Å². The van der Waals surface area contributed by atoms with Gasteiger partial charge < -0.3 is 25.5 Å². The van der Waals surface area contributed by atoms with Crippen molar-refractivity contribution in [1.82, 2.24) is 14.7 Å². The van der Waals surface area contributed by atoms with Gasteiger partial charge in [0.05, 0.1) is 31.3 Å². The Morgan fingerprint density at radius 2 is 1.63 bits per heavy atom. The van der Waals surface area contributed by atoms with Crippen LogP contribution in [0.15, 0.2) is 60.2 Å². The highest BCUT2D eigenvalue weighted by Crippen LogP contribution is 2.16. The standard InChI is InChI=1S/C17H19N3OS.C6H8O7/c21-9-8-19(14-17-7-4-10-22-17)12-15-11-18-20(13-15)16-5-2-1-3-6-16;7-3(8)1-6(13,5(11)12)2-4(9)10/h1-7,10-11,13,21H,8-9,12,14H2;13H,1-2H2,(H,7,8)(H,9,10)(H,11,12). The molecule has 3 aromatic rings. The molecule has 0 aliphatic heterocycles. The lowest BCUT2D eigenvalue weighted by Gasteiger charge is -2.19. The summed E-state index contributed by atoms with van der Waals surface area (Å²) in [5, 5.41) is 49.6. The molecule has 0 saturated carbocycles. The molecule has 0 bridgehead atoms. The SMILES string of the molecule is O=C(O)CC(O)(CC(=O)O)C(=O)O.OCCN(Cc1cnn(-c2ccccc2)c1)Cc1cccs1. The second-order valence-electron chi connectivity index (χ2n) is 7.62. The first-order chi connectivity index (χ1) is 16.6. The smallest absolute Gasteiger partial charge is 0.336 e. The minimum absolute atomic E-state index is 0.165. The number of aliphatic carboxylic acids is 3. The molecule has 2 aromatic heterocycles. The number of hydrogen-bond donors (Lipinski definition) is 5. The predicted octanol–water partition coefficient (Wildman–Crippen LogP) is 1.68. The molecule has 1 aromatic carbocycles. The molecule has 0 spiro atoms. The third-order valence-corrected chi connectivity index (χ3v) is 5.59. The van der Waals surface area contributed by atoms with Crippen LogP contribution in [0.25, 0.3) is 5.69 Å². The van der Waals surface area contributed by atoms with Crippen molar-refractivity contribution in [3.05, 3.63) is 70.7 Å². The predicted molar refractivity (Wildman–Crippen MR) is 126 cm³/mol. The first kappa shape index (κ1) is 27.7. The molecule has 0 aliphatic carbocycles. The topological polar surface area (TPSA) is 173 Å². The molecule has 0 aliphatic rings. The van der Waals surface area contributed by atoms with E-state index in [4.69, 9.17) is 20.4 Å². The van der Waals surface area contributed by atoms with Crippen LogP contribution in [-0.4, -0.2) is 76.9 Å². The Hall–Kier alpha value is -3.58. The number of aliphatic hydroxyl groups is 2. The minimum Gasteiger partial charge on any atom is -0.481 e. The largest absolute Gasteiger partial charge is 0.481 e. The van der Waals surface area contributed by atoms with Gasteiger partial charge in [-0.25, -0.2) is 9.48 Å². The van der Waals surface area contributed by atoms with Gasteiger partial charge in [0.1, 0.15) is 0 Å². The Labute approximate surface area is 205 Å². The second kappa shape index (κ2) is 13.3. The van der Waals surface area contributed by atoms with Gasteiger partial charge in [0.15, 0.2) is 5.60 Å². The maximum Gasteiger partial charge on any atom is 0.336 e. The summed E-state index contributed by atoms with van der Waals surface area (Å²) in [6.45, 7) is 2.46. The summed E-state index contributed by atoms with van der Waals surface area (Å²) in [6.07, 6.45) is 1.66. The van der Waals surface area contributed by atoms with Gasteiger partial charge in [-0.15, -0.1) is 11.3 Å². The number of rotatable bonds is 12. The molecule has 5 N–H and O–H groups in total. The average molecular weight is 506 g/mol.